The standard InChI is InChI=1S/C21H26N2O4/c1-12(2)18(23-20(24)17-6-5-8-26-17)21(25)22-16-7-9-27-19-14(4)10-13(3)11-15(16)19/h5-6,8,10-12,16,18H,7,9H2,1-4H3,(H,22,25)(H,23,24). The maximum Gasteiger partial charge on any atom is 0.287 e. The van der Waals surface area contributed by atoms with Gasteiger partial charge in [0.25, 0.3) is 5.91 Å². The number of nitrogens with one attached hydrogen (secondary N) is 2. The summed E-state index contributed by atoms with van der Waals surface area (Å²) in [5, 5.41) is 5.88. The third-order valence-electron chi connectivity index (χ3n) is 4.77. The minimum atomic E-state index is -0.653. The Morgan fingerprint density at radius 1 is 1.22 bits per heavy atom. The molecule has 1 aromatic carbocycles. The van der Waals surface area contributed by atoms with E-state index in [2.05, 4.69) is 22.8 Å². The summed E-state index contributed by atoms with van der Waals surface area (Å²) in [6, 6.07) is 6.55. The zero-order chi connectivity index (χ0) is 19.6. The molecule has 1 aliphatic heterocycles. The molecule has 6 heteroatoms. The van der Waals surface area contributed by atoms with Crippen LogP contribution in [-0.4, -0.2) is 24.5 Å². The molecule has 2 atom stereocenters. The third kappa shape index (κ3) is 4.15. The monoisotopic (exact) mass is 370 g/mol. The highest BCUT2D eigenvalue weighted by atomic mass is 16.5. The average molecular weight is 370 g/mol. The Balaban J connectivity index is 1.76. The summed E-state index contributed by atoms with van der Waals surface area (Å²) in [6.45, 7) is 8.39. The molecule has 2 N–H and O–H groups in total. The number of benzene rings is 1. The lowest BCUT2D eigenvalue weighted by Gasteiger charge is -2.30. The lowest BCUT2D eigenvalue weighted by atomic mass is 9.94. The minimum absolute atomic E-state index is 0.0672. The first-order chi connectivity index (χ1) is 12.9. The molecule has 0 aliphatic carbocycles. The Labute approximate surface area is 159 Å². The predicted molar refractivity (Wildman–Crippen MR) is 102 cm³/mol. The average Bonchev–Trinajstić information content (AvgIpc) is 3.14. The SMILES string of the molecule is Cc1cc(C)c2c(c1)C(NC(=O)C(NC(=O)c1ccco1)C(C)C)CCO2. The first-order valence-electron chi connectivity index (χ1n) is 9.25. The largest absolute Gasteiger partial charge is 0.493 e. The lowest BCUT2D eigenvalue weighted by Crippen LogP contribution is -2.50. The first-order valence-corrected chi connectivity index (χ1v) is 9.25. The van der Waals surface area contributed by atoms with Gasteiger partial charge in [0.2, 0.25) is 5.91 Å². The van der Waals surface area contributed by atoms with Gasteiger partial charge in [-0.15, -0.1) is 0 Å². The number of hydrogen-bond donors (Lipinski definition) is 2. The van der Waals surface area contributed by atoms with Gasteiger partial charge in [0, 0.05) is 12.0 Å². The molecule has 2 heterocycles. The summed E-state index contributed by atoms with van der Waals surface area (Å²) in [5.41, 5.74) is 3.19. The van der Waals surface area contributed by atoms with Crippen LogP contribution in [0, 0.1) is 19.8 Å². The molecule has 0 fully saturated rings. The molecule has 0 spiro atoms. The van der Waals surface area contributed by atoms with E-state index >= 15 is 0 Å². The van der Waals surface area contributed by atoms with Crippen molar-refractivity contribution < 1.29 is 18.7 Å². The van der Waals surface area contributed by atoms with Crippen LogP contribution in [0.15, 0.2) is 34.9 Å². The molecule has 2 unspecified atom stereocenters. The van der Waals surface area contributed by atoms with E-state index < -0.39 is 11.9 Å². The Bertz CT molecular complexity index is 827. The van der Waals surface area contributed by atoms with E-state index in [1.165, 1.54) is 6.26 Å². The van der Waals surface area contributed by atoms with Crippen LogP contribution in [0.4, 0.5) is 0 Å². The summed E-state index contributed by atoms with van der Waals surface area (Å²) >= 11 is 0. The highest BCUT2D eigenvalue weighted by molar-refractivity contribution is 5.95. The molecule has 2 amide bonds. The van der Waals surface area contributed by atoms with E-state index in [0.29, 0.717) is 13.0 Å². The van der Waals surface area contributed by atoms with E-state index in [4.69, 9.17) is 9.15 Å². The van der Waals surface area contributed by atoms with Crippen LogP contribution in [0.3, 0.4) is 0 Å². The van der Waals surface area contributed by atoms with Crippen LogP contribution in [0.2, 0.25) is 0 Å². The molecule has 27 heavy (non-hydrogen) atoms. The van der Waals surface area contributed by atoms with Crippen LogP contribution in [-0.2, 0) is 4.79 Å². The third-order valence-corrected chi connectivity index (χ3v) is 4.77. The molecule has 0 saturated heterocycles. The van der Waals surface area contributed by atoms with Gasteiger partial charge in [-0.3, -0.25) is 9.59 Å². The summed E-state index contributed by atoms with van der Waals surface area (Å²) < 4.78 is 10.9. The second-order valence-corrected chi connectivity index (χ2v) is 7.37. The summed E-state index contributed by atoms with van der Waals surface area (Å²) in [6.07, 6.45) is 2.13. The summed E-state index contributed by atoms with van der Waals surface area (Å²) in [5.74, 6) is 0.367. The number of aryl methyl sites for hydroxylation is 2. The van der Waals surface area contributed by atoms with E-state index in [1.807, 2.05) is 27.7 Å². The molecule has 0 bridgehead atoms. The van der Waals surface area contributed by atoms with Crippen molar-refractivity contribution in [2.24, 2.45) is 5.92 Å². The normalized spacial score (nSPS) is 17.0. The van der Waals surface area contributed by atoms with Crippen molar-refractivity contribution in [3.05, 3.63) is 53.0 Å². The van der Waals surface area contributed by atoms with Crippen molar-refractivity contribution >= 4 is 11.8 Å². The topological polar surface area (TPSA) is 80.6 Å². The van der Waals surface area contributed by atoms with E-state index in [1.54, 1.807) is 12.1 Å². The molecule has 3 rings (SSSR count). The predicted octanol–water partition coefficient (Wildman–Crippen LogP) is 3.29. The van der Waals surface area contributed by atoms with Crippen LogP contribution in [0.25, 0.3) is 0 Å². The van der Waals surface area contributed by atoms with Gasteiger partial charge in [-0.2, -0.15) is 0 Å². The van der Waals surface area contributed by atoms with Gasteiger partial charge >= 0.3 is 0 Å². The first kappa shape index (κ1) is 19.0. The molecule has 0 saturated carbocycles. The Hall–Kier alpha value is -2.76. The number of furan rings is 1. The number of ether oxygens (including phenoxy) is 1. The number of rotatable bonds is 5. The maximum atomic E-state index is 12.9. The number of carbonyl (C=O) groups excluding carboxylic acids is 2. The highest BCUT2D eigenvalue weighted by Gasteiger charge is 2.30. The van der Waals surface area contributed by atoms with Crippen molar-refractivity contribution in [2.75, 3.05) is 6.61 Å². The molecule has 144 valence electrons. The molecular weight excluding hydrogens is 344 g/mol. The molecule has 0 radical (unpaired) electrons. The molecular formula is C21H26N2O4. The second kappa shape index (κ2) is 7.86. The van der Waals surface area contributed by atoms with Gasteiger partial charge < -0.3 is 19.8 Å². The van der Waals surface area contributed by atoms with Crippen molar-refractivity contribution in [3.8, 4) is 5.75 Å². The van der Waals surface area contributed by atoms with Crippen molar-refractivity contribution in [3.63, 3.8) is 0 Å². The van der Waals surface area contributed by atoms with Crippen LogP contribution >= 0.6 is 0 Å². The second-order valence-electron chi connectivity index (χ2n) is 7.37. The molecule has 1 aromatic heterocycles. The van der Waals surface area contributed by atoms with Gasteiger partial charge in [0.15, 0.2) is 5.76 Å². The Kier molecular flexibility index (Phi) is 5.54. The fourth-order valence-corrected chi connectivity index (χ4v) is 3.44. The van der Waals surface area contributed by atoms with E-state index in [-0.39, 0.29) is 23.6 Å². The molecule has 1 aliphatic rings. The molecule has 6 nitrogen and oxygen atoms in total. The maximum absolute atomic E-state index is 12.9. The lowest BCUT2D eigenvalue weighted by molar-refractivity contribution is -0.124. The van der Waals surface area contributed by atoms with Gasteiger partial charge in [-0.25, -0.2) is 0 Å². The highest BCUT2D eigenvalue weighted by Crippen LogP contribution is 2.35. The van der Waals surface area contributed by atoms with Crippen LogP contribution in [0.5, 0.6) is 5.75 Å². The summed E-state index contributed by atoms with van der Waals surface area (Å²) in [7, 11) is 0. The fourth-order valence-electron chi connectivity index (χ4n) is 3.44. The zero-order valence-electron chi connectivity index (χ0n) is 16.2. The van der Waals surface area contributed by atoms with Crippen molar-refractivity contribution in [2.45, 2.75) is 46.2 Å². The number of amides is 2. The van der Waals surface area contributed by atoms with E-state index in [0.717, 1.165) is 22.4 Å². The Morgan fingerprint density at radius 2 is 2.00 bits per heavy atom. The number of hydrogen-bond acceptors (Lipinski definition) is 4. The van der Waals surface area contributed by atoms with Gasteiger partial charge in [0.05, 0.1) is 18.9 Å². The number of fused-ring (bicyclic) bond motifs is 1. The minimum Gasteiger partial charge on any atom is -0.493 e. The van der Waals surface area contributed by atoms with Gasteiger partial charge in [0.1, 0.15) is 11.8 Å². The van der Waals surface area contributed by atoms with E-state index in [9.17, 15) is 9.59 Å². The van der Waals surface area contributed by atoms with Gasteiger partial charge in [-0.05, 0) is 37.5 Å². The van der Waals surface area contributed by atoms with Crippen molar-refractivity contribution in [1.29, 1.82) is 0 Å². The number of carbonyl (C=O) groups is 2. The molecule has 2 aromatic rings. The quantitative estimate of drug-likeness (QED) is 0.846. The smallest absolute Gasteiger partial charge is 0.287 e. The van der Waals surface area contributed by atoms with Crippen LogP contribution in [0.1, 0.15) is 53.6 Å². The van der Waals surface area contributed by atoms with Crippen LogP contribution < -0.4 is 15.4 Å². The zero-order valence-corrected chi connectivity index (χ0v) is 16.2. The summed E-state index contributed by atoms with van der Waals surface area (Å²) in [4.78, 5) is 25.2. The van der Waals surface area contributed by atoms with Crippen molar-refractivity contribution in [1.82, 2.24) is 10.6 Å². The fraction of sp³-hybridized carbons (Fsp3) is 0.429. The van der Waals surface area contributed by atoms with Gasteiger partial charge in [-0.1, -0.05) is 31.5 Å². The Morgan fingerprint density at radius 3 is 2.67 bits per heavy atom.